The third-order valence-electron chi connectivity index (χ3n) is 13.5. The zero-order chi connectivity index (χ0) is 45.9. The normalized spacial score (nSPS) is 37.5. The maximum atomic E-state index is 17.1. The number of ketones is 2. The number of aliphatic hydroxyl groups is 1. The molecule has 1 N–H and O–H groups in total. The van der Waals surface area contributed by atoms with Crippen molar-refractivity contribution in [3.05, 3.63) is 49.6 Å². The van der Waals surface area contributed by atoms with E-state index in [-0.39, 0.29) is 25.2 Å². The number of fused-ring (bicyclic) bond motifs is 1. The predicted molar refractivity (Wildman–Crippen MR) is 228 cm³/mol. The summed E-state index contributed by atoms with van der Waals surface area (Å²) in [5.41, 5.74) is -4.81. The van der Waals surface area contributed by atoms with Crippen LogP contribution in [0.3, 0.4) is 0 Å². The number of carbonyl (C=O) groups is 4. The molecule has 2 aromatic rings. The number of carbonyl (C=O) groups excluding carboxylic acids is 4. The van der Waals surface area contributed by atoms with Crippen LogP contribution in [0.5, 0.6) is 0 Å². The number of aryl methyl sites for hydroxylation is 1. The molecule has 0 radical (unpaired) electrons. The van der Waals surface area contributed by atoms with Gasteiger partial charge in [0.25, 0.3) is 5.67 Å². The summed E-state index contributed by atoms with van der Waals surface area (Å²) in [7, 11) is 3.25. The molecule has 13 atom stereocenters. The van der Waals surface area contributed by atoms with E-state index in [0.29, 0.717) is 32.4 Å². The lowest BCUT2D eigenvalue weighted by atomic mass is 9.73. The summed E-state index contributed by atoms with van der Waals surface area (Å²) >= 11 is 0. The van der Waals surface area contributed by atoms with E-state index < -0.39 is 94.8 Å². The average Bonchev–Trinajstić information content (AvgIpc) is 3.81. The Labute approximate surface area is 365 Å². The molecule has 0 aliphatic carbocycles. The number of likely N-dealkylation sites (N-methyl/N-ethyl adjacent to an activating group) is 1. The molecular formula is C46H68FN5O10. The lowest BCUT2D eigenvalue weighted by Gasteiger charge is -2.52. The second-order valence-corrected chi connectivity index (χ2v) is 18.3. The van der Waals surface area contributed by atoms with Gasteiger partial charge in [-0.2, -0.15) is 0 Å². The number of Topliss-reactive ketones (excluding diaryl/α,β-unsaturated/α-hetero) is 2. The molecule has 5 heterocycles. The molecule has 3 aliphatic heterocycles. The smallest absolute Gasteiger partial charge is 0.410 e. The molecular weight excluding hydrogens is 802 g/mol. The molecule has 0 unspecified atom stereocenters. The van der Waals surface area contributed by atoms with Crippen LogP contribution in [0.1, 0.15) is 94.4 Å². The minimum atomic E-state index is -3.20. The molecule has 0 aromatic carbocycles. The Morgan fingerprint density at radius 1 is 1.03 bits per heavy atom. The molecule has 344 valence electrons. The lowest BCUT2D eigenvalue weighted by Crippen LogP contribution is -2.65. The second kappa shape index (κ2) is 19.3. The number of hydrogen-bond acceptors (Lipinski definition) is 13. The van der Waals surface area contributed by atoms with Crippen LogP contribution in [-0.2, 0) is 44.6 Å². The maximum Gasteiger partial charge on any atom is 0.410 e. The van der Waals surface area contributed by atoms with Crippen molar-refractivity contribution in [2.24, 2.45) is 17.8 Å². The Morgan fingerprint density at radius 3 is 2.35 bits per heavy atom. The number of pyridine rings is 1. The van der Waals surface area contributed by atoms with Crippen LogP contribution in [-0.4, -0.2) is 139 Å². The molecule has 0 bridgehead atoms. The largest absolute Gasteiger partial charge is 0.455 e. The van der Waals surface area contributed by atoms with Crippen LogP contribution in [0.25, 0.3) is 11.4 Å². The summed E-state index contributed by atoms with van der Waals surface area (Å²) in [4.78, 5) is 69.4. The Hall–Kier alpha value is -4.09. The van der Waals surface area contributed by atoms with Crippen LogP contribution in [0, 0.1) is 17.8 Å². The molecule has 3 fully saturated rings. The number of aliphatic hydroxyl groups excluding tert-OH is 1. The average molecular weight is 870 g/mol. The van der Waals surface area contributed by atoms with E-state index in [4.69, 9.17) is 23.7 Å². The quantitative estimate of drug-likeness (QED) is 0.108. The summed E-state index contributed by atoms with van der Waals surface area (Å²) < 4.78 is 50.2. The van der Waals surface area contributed by atoms with E-state index in [9.17, 15) is 24.3 Å². The highest BCUT2D eigenvalue weighted by Crippen LogP contribution is 2.45. The fourth-order valence-corrected chi connectivity index (χ4v) is 10.0. The number of rotatable bonds is 13. The SMILES string of the molecule is C=CCN(C)[C@H]1C[C@@H](C)O[C@@](C)(O[C@@H]2[C@@H](C)C(=O)[C@](C)(F)C(=O)O[C@H](CC)[C@@]3(C)OC(=O)N(CCCCn4cnc(-c5ccccn5)c4)[C@@H]3[C@@H](C)C(=O)[C@H](C)C[C@@]2(C)OC)[C@@H]1O. The molecule has 62 heavy (non-hydrogen) atoms. The Kier molecular flexibility index (Phi) is 15.3. The zero-order valence-electron chi connectivity index (χ0n) is 38.3. The van der Waals surface area contributed by atoms with Gasteiger partial charge in [-0.15, -0.1) is 6.58 Å². The molecule has 1 amide bonds. The molecule has 2 aromatic heterocycles. The summed E-state index contributed by atoms with van der Waals surface area (Å²) in [6, 6.07) is 4.23. The number of alkyl halides is 1. The van der Waals surface area contributed by atoms with Crippen molar-refractivity contribution in [1.29, 1.82) is 0 Å². The van der Waals surface area contributed by atoms with E-state index in [1.807, 2.05) is 47.8 Å². The van der Waals surface area contributed by atoms with Gasteiger partial charge in [0.05, 0.1) is 35.9 Å². The van der Waals surface area contributed by atoms with Crippen molar-refractivity contribution < 1.29 is 52.4 Å². The zero-order valence-corrected chi connectivity index (χ0v) is 38.3. The molecule has 0 spiro atoms. The first-order valence-electron chi connectivity index (χ1n) is 21.9. The van der Waals surface area contributed by atoms with Gasteiger partial charge in [0.15, 0.2) is 17.2 Å². The van der Waals surface area contributed by atoms with Gasteiger partial charge in [0.2, 0.25) is 0 Å². The maximum absolute atomic E-state index is 17.1. The van der Waals surface area contributed by atoms with E-state index in [2.05, 4.69) is 16.5 Å². The van der Waals surface area contributed by atoms with Crippen molar-refractivity contribution in [3.8, 4) is 11.4 Å². The fourth-order valence-electron chi connectivity index (χ4n) is 10.0. The Morgan fingerprint density at radius 2 is 1.73 bits per heavy atom. The summed E-state index contributed by atoms with van der Waals surface area (Å²) in [6.45, 7) is 19.2. The minimum absolute atomic E-state index is 0.0230. The standard InChI is InChI=1S/C46H68FN5O10/c1-13-21-50(11)34-24-29(4)60-46(10,39(34)55)61-40-31(6)38(54)44(8,47)41(56)59-35(14-2)45(9)37(30(5)36(53)28(3)25-43(40,7)58-12)52(42(57)62-45)23-18-17-22-51-26-33(49-27-51)32-19-15-16-20-48-32/h13,15-16,19-20,26-31,34-35,37,39-40,55H,1,14,17-18,21-25H2,2-12H3/t28-,29-,30+,31+,34+,35-,37-,39-,40-,43-,44+,45-,46+/m1/s1. The summed E-state index contributed by atoms with van der Waals surface area (Å²) in [5.74, 6) is -7.64. The van der Waals surface area contributed by atoms with E-state index in [0.717, 1.165) is 18.3 Å². The lowest BCUT2D eigenvalue weighted by molar-refractivity contribution is -0.354. The van der Waals surface area contributed by atoms with Gasteiger partial charge >= 0.3 is 12.1 Å². The Balaban J connectivity index is 1.48. The molecule has 3 saturated heterocycles. The van der Waals surface area contributed by atoms with Crippen molar-refractivity contribution >= 4 is 23.6 Å². The molecule has 0 saturated carbocycles. The highest BCUT2D eigenvalue weighted by atomic mass is 19.1. The summed E-state index contributed by atoms with van der Waals surface area (Å²) in [5, 5.41) is 11.9. The number of ether oxygens (including phenoxy) is 5. The van der Waals surface area contributed by atoms with Gasteiger partial charge in [-0.25, -0.2) is 19.0 Å². The van der Waals surface area contributed by atoms with Gasteiger partial charge in [0, 0.05) is 62.9 Å². The Bertz CT molecular complexity index is 1910. The molecule has 16 heteroatoms. The van der Waals surface area contributed by atoms with Crippen LogP contribution in [0.4, 0.5) is 9.18 Å². The number of amides is 1. The van der Waals surface area contributed by atoms with Crippen molar-refractivity contribution in [2.45, 2.75) is 160 Å². The number of hydrogen-bond donors (Lipinski definition) is 1. The number of cyclic esters (lactones) is 1. The van der Waals surface area contributed by atoms with Crippen LogP contribution in [0.2, 0.25) is 0 Å². The number of aromatic nitrogens is 3. The minimum Gasteiger partial charge on any atom is -0.455 e. The molecule has 15 nitrogen and oxygen atoms in total. The van der Waals surface area contributed by atoms with Crippen LogP contribution >= 0.6 is 0 Å². The van der Waals surface area contributed by atoms with Crippen LogP contribution < -0.4 is 0 Å². The monoisotopic (exact) mass is 869 g/mol. The first-order chi connectivity index (χ1) is 29.1. The first-order valence-corrected chi connectivity index (χ1v) is 21.9. The van der Waals surface area contributed by atoms with Crippen LogP contribution in [0.15, 0.2) is 49.6 Å². The predicted octanol–water partition coefficient (Wildman–Crippen LogP) is 5.97. The van der Waals surface area contributed by atoms with Crippen molar-refractivity contribution in [3.63, 3.8) is 0 Å². The third kappa shape index (κ3) is 9.69. The molecule has 5 rings (SSSR count). The number of methoxy groups -OCH3 is 1. The van der Waals surface area contributed by atoms with E-state index >= 15 is 4.39 Å². The second-order valence-electron chi connectivity index (χ2n) is 18.3. The topological polar surface area (TPSA) is 172 Å². The van der Waals surface area contributed by atoms with E-state index in [1.54, 1.807) is 60.1 Å². The van der Waals surface area contributed by atoms with Gasteiger partial charge in [-0.1, -0.05) is 39.8 Å². The summed E-state index contributed by atoms with van der Waals surface area (Å²) in [6.07, 6.45) is 3.79. The van der Waals surface area contributed by atoms with E-state index in [1.165, 1.54) is 18.9 Å². The van der Waals surface area contributed by atoms with Gasteiger partial charge in [0.1, 0.15) is 23.7 Å². The fraction of sp³-hybridized carbons (Fsp3) is 0.696. The number of nitrogens with zero attached hydrogens (tertiary/aromatic N) is 5. The highest BCUT2D eigenvalue weighted by molar-refractivity contribution is 6.08. The number of imidazole rings is 1. The van der Waals surface area contributed by atoms with Gasteiger partial charge in [-0.3, -0.25) is 19.5 Å². The van der Waals surface area contributed by atoms with Crippen molar-refractivity contribution in [2.75, 3.05) is 27.2 Å². The number of esters is 1. The first kappa shape index (κ1) is 48.9. The molecule has 3 aliphatic rings. The highest BCUT2D eigenvalue weighted by Gasteiger charge is 2.62. The van der Waals surface area contributed by atoms with Gasteiger partial charge < -0.3 is 38.3 Å². The number of unbranched alkanes of at least 4 members (excludes halogenated alkanes) is 1. The van der Waals surface area contributed by atoms with Gasteiger partial charge in [-0.05, 0) is 85.9 Å². The third-order valence-corrected chi connectivity index (χ3v) is 13.5. The number of halogens is 1. The van der Waals surface area contributed by atoms with Crippen molar-refractivity contribution in [1.82, 2.24) is 24.3 Å².